The maximum atomic E-state index is 13.3. The minimum absolute atomic E-state index is 0.0209. The molecule has 4 rings (SSSR count). The summed E-state index contributed by atoms with van der Waals surface area (Å²) in [4.78, 5) is 34.3. The largest absolute Gasteiger partial charge is 0.357 e. The number of H-pyrrole nitrogens is 1. The van der Waals surface area contributed by atoms with Crippen LogP contribution in [0.4, 0.5) is 4.39 Å². The standard InChI is InChI=1S/C18H17FN4O2/c1-10-20-16-9-23(8-14(16)18(25)22(10)2)7-12-6-17(24)13-5-11(19)3-4-15(13)21-12/h3-6H,7-9H2,1-2H3,(H,21,24). The number of aryl methyl sites for hydroxylation is 1. The van der Waals surface area contributed by atoms with Crippen molar-refractivity contribution in [3.05, 3.63) is 73.4 Å². The van der Waals surface area contributed by atoms with Crippen LogP contribution in [-0.2, 0) is 26.7 Å². The Kier molecular flexibility index (Phi) is 3.54. The van der Waals surface area contributed by atoms with Crippen molar-refractivity contribution >= 4 is 10.9 Å². The van der Waals surface area contributed by atoms with E-state index in [1.807, 2.05) is 6.92 Å². The predicted octanol–water partition coefficient (Wildman–Crippen LogP) is 1.59. The lowest BCUT2D eigenvalue weighted by Crippen LogP contribution is -2.25. The lowest BCUT2D eigenvalue weighted by Gasteiger charge is -2.14. The van der Waals surface area contributed by atoms with Gasteiger partial charge in [-0.1, -0.05) is 0 Å². The SMILES string of the molecule is Cc1nc2c(c(=O)n1C)CN(Cc1cc(=O)c3cc(F)ccc3[nH]1)C2. The Bertz CT molecular complexity index is 1120. The second-order valence-electron chi connectivity index (χ2n) is 6.44. The molecule has 3 aromatic rings. The van der Waals surface area contributed by atoms with E-state index in [-0.39, 0.29) is 11.0 Å². The Morgan fingerprint density at radius 3 is 2.84 bits per heavy atom. The van der Waals surface area contributed by atoms with Gasteiger partial charge in [0.25, 0.3) is 5.56 Å². The van der Waals surface area contributed by atoms with Crippen molar-refractivity contribution in [2.75, 3.05) is 0 Å². The molecule has 0 aliphatic carbocycles. The normalized spacial score (nSPS) is 14.2. The third kappa shape index (κ3) is 2.66. The number of nitrogens with one attached hydrogen (secondary N) is 1. The Morgan fingerprint density at radius 1 is 1.24 bits per heavy atom. The van der Waals surface area contributed by atoms with Crippen LogP contribution >= 0.6 is 0 Å². The van der Waals surface area contributed by atoms with Crippen LogP contribution in [0.3, 0.4) is 0 Å². The third-order valence-electron chi connectivity index (χ3n) is 4.69. The van der Waals surface area contributed by atoms with Crippen LogP contribution in [-0.4, -0.2) is 19.4 Å². The first-order valence-electron chi connectivity index (χ1n) is 8.01. The van der Waals surface area contributed by atoms with Gasteiger partial charge in [-0.3, -0.25) is 19.1 Å². The van der Waals surface area contributed by atoms with Gasteiger partial charge in [-0.25, -0.2) is 9.37 Å². The molecule has 0 unspecified atom stereocenters. The van der Waals surface area contributed by atoms with E-state index >= 15 is 0 Å². The molecule has 128 valence electrons. The van der Waals surface area contributed by atoms with Gasteiger partial charge in [-0.2, -0.15) is 0 Å². The molecule has 3 heterocycles. The fourth-order valence-corrected chi connectivity index (χ4v) is 3.30. The molecule has 0 saturated carbocycles. The molecule has 0 fully saturated rings. The van der Waals surface area contributed by atoms with E-state index in [1.165, 1.54) is 18.2 Å². The first kappa shape index (κ1) is 15.7. The fourth-order valence-electron chi connectivity index (χ4n) is 3.30. The molecule has 1 N–H and O–H groups in total. The minimum Gasteiger partial charge on any atom is -0.357 e. The molecule has 1 aromatic carbocycles. The van der Waals surface area contributed by atoms with E-state index in [2.05, 4.69) is 14.9 Å². The summed E-state index contributed by atoms with van der Waals surface area (Å²) in [5.74, 6) is 0.254. The molecule has 6 nitrogen and oxygen atoms in total. The molecule has 0 bridgehead atoms. The molecule has 0 radical (unpaired) electrons. The van der Waals surface area contributed by atoms with E-state index < -0.39 is 5.82 Å². The lowest BCUT2D eigenvalue weighted by molar-refractivity contribution is 0.270. The van der Waals surface area contributed by atoms with Crippen LogP contribution in [0, 0.1) is 12.7 Å². The second-order valence-corrected chi connectivity index (χ2v) is 6.44. The van der Waals surface area contributed by atoms with Crippen LogP contribution in [0.25, 0.3) is 10.9 Å². The quantitative estimate of drug-likeness (QED) is 0.769. The molecule has 0 saturated heterocycles. The first-order valence-corrected chi connectivity index (χ1v) is 8.01. The lowest BCUT2D eigenvalue weighted by atomic mass is 10.2. The number of fused-ring (bicyclic) bond motifs is 2. The number of halogens is 1. The van der Waals surface area contributed by atoms with E-state index in [9.17, 15) is 14.0 Å². The fraction of sp³-hybridized carbons (Fsp3) is 0.278. The number of hydrogen-bond donors (Lipinski definition) is 1. The average molecular weight is 340 g/mol. The van der Waals surface area contributed by atoms with Crippen LogP contribution in [0.5, 0.6) is 0 Å². The van der Waals surface area contributed by atoms with Gasteiger partial charge in [0.2, 0.25) is 0 Å². The minimum atomic E-state index is -0.432. The Balaban J connectivity index is 1.65. The summed E-state index contributed by atoms with van der Waals surface area (Å²) in [6.07, 6.45) is 0. The summed E-state index contributed by atoms with van der Waals surface area (Å²) >= 11 is 0. The number of aromatic nitrogens is 3. The van der Waals surface area contributed by atoms with Crippen molar-refractivity contribution < 1.29 is 4.39 Å². The zero-order valence-corrected chi connectivity index (χ0v) is 14.0. The molecule has 1 aliphatic rings. The highest BCUT2D eigenvalue weighted by molar-refractivity contribution is 5.78. The number of hydrogen-bond acceptors (Lipinski definition) is 4. The van der Waals surface area contributed by atoms with Gasteiger partial charge in [-0.15, -0.1) is 0 Å². The Hall–Kier alpha value is -2.80. The van der Waals surface area contributed by atoms with Gasteiger partial charge >= 0.3 is 0 Å². The summed E-state index contributed by atoms with van der Waals surface area (Å²) in [6, 6.07) is 5.61. The van der Waals surface area contributed by atoms with Crippen LogP contribution in [0.15, 0.2) is 33.9 Å². The Labute approximate surface area is 142 Å². The predicted molar refractivity (Wildman–Crippen MR) is 91.7 cm³/mol. The van der Waals surface area contributed by atoms with Crippen LogP contribution in [0.1, 0.15) is 22.8 Å². The average Bonchev–Trinajstić information content (AvgIpc) is 2.96. The van der Waals surface area contributed by atoms with Crippen molar-refractivity contribution in [2.45, 2.75) is 26.6 Å². The summed E-state index contributed by atoms with van der Waals surface area (Å²) in [7, 11) is 1.72. The number of rotatable bonds is 2. The van der Waals surface area contributed by atoms with Gasteiger partial charge in [0.15, 0.2) is 5.43 Å². The number of aromatic amines is 1. The van der Waals surface area contributed by atoms with Crippen molar-refractivity contribution in [1.82, 2.24) is 19.4 Å². The van der Waals surface area contributed by atoms with Gasteiger partial charge < -0.3 is 4.98 Å². The molecule has 7 heteroatoms. The van der Waals surface area contributed by atoms with E-state index in [0.29, 0.717) is 41.9 Å². The van der Waals surface area contributed by atoms with Gasteiger partial charge in [-0.05, 0) is 25.1 Å². The van der Waals surface area contributed by atoms with E-state index in [0.717, 1.165) is 11.4 Å². The maximum Gasteiger partial charge on any atom is 0.258 e. The molecule has 25 heavy (non-hydrogen) atoms. The molecule has 0 amide bonds. The summed E-state index contributed by atoms with van der Waals surface area (Å²) < 4.78 is 14.9. The maximum absolute atomic E-state index is 13.3. The highest BCUT2D eigenvalue weighted by Crippen LogP contribution is 2.20. The van der Waals surface area contributed by atoms with Crippen LogP contribution < -0.4 is 11.0 Å². The third-order valence-corrected chi connectivity index (χ3v) is 4.69. The smallest absolute Gasteiger partial charge is 0.258 e. The second kappa shape index (κ2) is 5.63. The molecule has 0 atom stereocenters. The molecular formula is C18H17FN4O2. The summed E-state index contributed by atoms with van der Waals surface area (Å²) in [5.41, 5.74) is 2.59. The highest BCUT2D eigenvalue weighted by Gasteiger charge is 2.25. The molecule has 2 aromatic heterocycles. The zero-order valence-electron chi connectivity index (χ0n) is 14.0. The van der Waals surface area contributed by atoms with Gasteiger partial charge in [0.1, 0.15) is 11.6 Å². The molecular weight excluding hydrogens is 323 g/mol. The number of pyridine rings is 1. The van der Waals surface area contributed by atoms with Crippen LogP contribution in [0.2, 0.25) is 0 Å². The van der Waals surface area contributed by atoms with E-state index in [1.54, 1.807) is 17.7 Å². The molecule has 0 spiro atoms. The molecule has 1 aliphatic heterocycles. The van der Waals surface area contributed by atoms with E-state index in [4.69, 9.17) is 0 Å². The highest BCUT2D eigenvalue weighted by atomic mass is 19.1. The monoisotopic (exact) mass is 340 g/mol. The van der Waals surface area contributed by atoms with Crippen molar-refractivity contribution in [2.24, 2.45) is 7.05 Å². The number of benzene rings is 1. The van der Waals surface area contributed by atoms with Crippen molar-refractivity contribution in [3.63, 3.8) is 0 Å². The topological polar surface area (TPSA) is 71.0 Å². The zero-order chi connectivity index (χ0) is 17.7. The number of nitrogens with zero attached hydrogens (tertiary/aromatic N) is 3. The van der Waals surface area contributed by atoms with Gasteiger partial charge in [0.05, 0.1) is 11.3 Å². The first-order chi connectivity index (χ1) is 11.9. The van der Waals surface area contributed by atoms with Crippen molar-refractivity contribution in [1.29, 1.82) is 0 Å². The summed E-state index contributed by atoms with van der Waals surface area (Å²) in [5, 5.41) is 0.333. The van der Waals surface area contributed by atoms with Gasteiger partial charge in [0, 0.05) is 49.3 Å². The van der Waals surface area contributed by atoms with Crippen molar-refractivity contribution in [3.8, 4) is 0 Å². The Morgan fingerprint density at radius 2 is 2.04 bits per heavy atom. The summed E-state index contributed by atoms with van der Waals surface area (Å²) in [6.45, 7) is 3.36.